The fourth-order valence-corrected chi connectivity index (χ4v) is 1.77. The molecule has 0 radical (unpaired) electrons. The molecule has 0 bridgehead atoms. The van der Waals surface area contributed by atoms with Gasteiger partial charge in [0.2, 0.25) is 5.91 Å². The Hall–Kier alpha value is -1.52. The summed E-state index contributed by atoms with van der Waals surface area (Å²) in [5, 5.41) is 10.1. The van der Waals surface area contributed by atoms with E-state index in [4.69, 9.17) is 0 Å². The molecule has 0 aliphatic carbocycles. The number of nitrogens with one attached hydrogen (secondary N) is 2. The maximum Gasteiger partial charge on any atom is 0.242 e. The van der Waals surface area contributed by atoms with Crippen molar-refractivity contribution in [1.29, 1.82) is 0 Å². The lowest BCUT2D eigenvalue weighted by Gasteiger charge is -2.14. The highest BCUT2D eigenvalue weighted by Crippen LogP contribution is 2.12. The van der Waals surface area contributed by atoms with Crippen LogP contribution in [0.5, 0.6) is 0 Å². The summed E-state index contributed by atoms with van der Waals surface area (Å²) in [5.74, 6) is 0.0938. The van der Waals surface area contributed by atoms with E-state index in [-0.39, 0.29) is 11.9 Å². The molecule has 1 amide bonds. The molecule has 1 fully saturated rings. The second-order valence-electron chi connectivity index (χ2n) is 3.89. The van der Waals surface area contributed by atoms with Crippen LogP contribution in [0.3, 0.4) is 0 Å². The molecule has 0 aromatic carbocycles. The van der Waals surface area contributed by atoms with Crippen LogP contribution < -0.4 is 10.6 Å². The summed E-state index contributed by atoms with van der Waals surface area (Å²) in [6.45, 7) is 0.796. The van der Waals surface area contributed by atoms with Crippen LogP contribution in [0, 0.1) is 0 Å². The van der Waals surface area contributed by atoms with Gasteiger partial charge in [0.05, 0.1) is 11.9 Å². The molecule has 82 valence electrons. The average molecular weight is 208 g/mol. The first-order valence-corrected chi connectivity index (χ1v) is 5.28. The van der Waals surface area contributed by atoms with Crippen molar-refractivity contribution in [1.82, 2.24) is 15.1 Å². The third kappa shape index (κ3) is 2.49. The lowest BCUT2D eigenvalue weighted by Crippen LogP contribution is -2.37. The monoisotopic (exact) mass is 208 g/mol. The minimum Gasteiger partial charge on any atom is -0.371 e. The Labute approximate surface area is 88.8 Å². The number of anilines is 1. The van der Waals surface area contributed by atoms with Crippen molar-refractivity contribution in [2.75, 3.05) is 11.9 Å². The number of nitrogens with zero attached hydrogens (tertiary/aromatic N) is 2. The molecule has 2 N–H and O–H groups in total. The van der Waals surface area contributed by atoms with Crippen LogP contribution in [0.25, 0.3) is 0 Å². The maximum absolute atomic E-state index is 11.6. The smallest absolute Gasteiger partial charge is 0.242 e. The second-order valence-corrected chi connectivity index (χ2v) is 3.89. The van der Waals surface area contributed by atoms with Gasteiger partial charge in [-0.05, 0) is 19.3 Å². The number of hydrogen-bond donors (Lipinski definition) is 2. The first-order valence-electron chi connectivity index (χ1n) is 5.28. The molecule has 2 rings (SSSR count). The molecule has 1 aliphatic heterocycles. The number of hydrogen-bond acceptors (Lipinski definition) is 3. The zero-order valence-electron chi connectivity index (χ0n) is 8.86. The van der Waals surface area contributed by atoms with E-state index in [0.717, 1.165) is 31.5 Å². The van der Waals surface area contributed by atoms with E-state index in [1.54, 1.807) is 10.9 Å². The largest absolute Gasteiger partial charge is 0.371 e. The second kappa shape index (κ2) is 4.33. The van der Waals surface area contributed by atoms with Gasteiger partial charge in [0, 0.05) is 19.8 Å². The average Bonchev–Trinajstić information content (AvgIpc) is 2.50. The predicted molar refractivity (Wildman–Crippen MR) is 57.5 cm³/mol. The molecule has 1 atom stereocenters. The van der Waals surface area contributed by atoms with Crippen molar-refractivity contribution in [2.45, 2.75) is 25.3 Å². The number of aryl methyl sites for hydroxylation is 1. The number of carbonyl (C=O) groups is 1. The van der Waals surface area contributed by atoms with Gasteiger partial charge in [-0.25, -0.2) is 0 Å². The lowest BCUT2D eigenvalue weighted by atomic mass is 10.1. The van der Waals surface area contributed by atoms with E-state index in [2.05, 4.69) is 15.7 Å². The first kappa shape index (κ1) is 10.0. The van der Waals surface area contributed by atoms with Crippen molar-refractivity contribution in [3.05, 3.63) is 12.4 Å². The third-order valence-electron chi connectivity index (χ3n) is 2.58. The number of carbonyl (C=O) groups excluding carboxylic acids is 1. The van der Waals surface area contributed by atoms with Crippen molar-refractivity contribution >= 4 is 11.6 Å². The SMILES string of the molecule is Cn1cc(NC2CCCCNC2=O)cn1. The van der Waals surface area contributed by atoms with Gasteiger partial charge in [-0.2, -0.15) is 5.10 Å². The fraction of sp³-hybridized carbons (Fsp3) is 0.600. The summed E-state index contributed by atoms with van der Waals surface area (Å²) in [6, 6.07) is -0.114. The maximum atomic E-state index is 11.6. The highest BCUT2D eigenvalue weighted by atomic mass is 16.2. The summed E-state index contributed by atoms with van der Waals surface area (Å²) < 4.78 is 1.72. The summed E-state index contributed by atoms with van der Waals surface area (Å²) in [6.07, 6.45) is 6.64. The van der Waals surface area contributed by atoms with Gasteiger partial charge in [-0.15, -0.1) is 0 Å². The summed E-state index contributed by atoms with van der Waals surface area (Å²) >= 11 is 0. The van der Waals surface area contributed by atoms with E-state index in [0.29, 0.717) is 0 Å². The molecular formula is C10H16N4O. The molecule has 1 aromatic heterocycles. The minimum absolute atomic E-state index is 0.0938. The van der Waals surface area contributed by atoms with Gasteiger partial charge < -0.3 is 10.6 Å². The first-order chi connectivity index (χ1) is 7.25. The Bertz CT molecular complexity index is 347. The standard InChI is InChI=1S/C10H16N4O/c1-14-7-8(6-12-14)13-9-4-2-3-5-11-10(9)15/h6-7,9,13H,2-5H2,1H3,(H,11,15). The molecule has 2 heterocycles. The van der Waals surface area contributed by atoms with E-state index in [1.165, 1.54) is 0 Å². The molecule has 5 heteroatoms. The molecule has 1 aliphatic rings. The van der Waals surface area contributed by atoms with Crippen molar-refractivity contribution in [2.24, 2.45) is 7.05 Å². The van der Waals surface area contributed by atoms with Crippen LogP contribution >= 0.6 is 0 Å². The molecule has 1 unspecified atom stereocenters. The van der Waals surface area contributed by atoms with E-state index in [9.17, 15) is 4.79 Å². The van der Waals surface area contributed by atoms with Crippen LogP contribution in [0.4, 0.5) is 5.69 Å². The Morgan fingerprint density at radius 2 is 2.47 bits per heavy atom. The van der Waals surface area contributed by atoms with Gasteiger partial charge in [0.25, 0.3) is 0 Å². The van der Waals surface area contributed by atoms with Gasteiger partial charge in [-0.3, -0.25) is 9.48 Å². The Morgan fingerprint density at radius 3 is 3.20 bits per heavy atom. The highest BCUT2D eigenvalue weighted by Gasteiger charge is 2.20. The zero-order valence-corrected chi connectivity index (χ0v) is 8.86. The molecular weight excluding hydrogens is 192 g/mol. The summed E-state index contributed by atoms with van der Waals surface area (Å²) in [5.41, 5.74) is 0.902. The molecule has 1 aromatic rings. The normalized spacial score (nSPS) is 21.9. The van der Waals surface area contributed by atoms with Crippen LogP contribution in [0.1, 0.15) is 19.3 Å². The van der Waals surface area contributed by atoms with E-state index >= 15 is 0 Å². The van der Waals surface area contributed by atoms with E-state index in [1.807, 2.05) is 13.2 Å². The van der Waals surface area contributed by atoms with Crippen molar-refractivity contribution in [3.8, 4) is 0 Å². The Kier molecular flexibility index (Phi) is 2.89. The topological polar surface area (TPSA) is 59.0 Å². The fourth-order valence-electron chi connectivity index (χ4n) is 1.77. The van der Waals surface area contributed by atoms with Crippen LogP contribution in [-0.4, -0.2) is 28.3 Å². The predicted octanol–water partition coefficient (Wildman–Crippen LogP) is 0.501. The minimum atomic E-state index is -0.114. The summed E-state index contributed by atoms with van der Waals surface area (Å²) in [7, 11) is 1.86. The molecule has 1 saturated heterocycles. The Morgan fingerprint density at radius 1 is 1.60 bits per heavy atom. The molecule has 5 nitrogen and oxygen atoms in total. The Balaban J connectivity index is 2.00. The van der Waals surface area contributed by atoms with Crippen LogP contribution in [-0.2, 0) is 11.8 Å². The van der Waals surface area contributed by atoms with Crippen molar-refractivity contribution < 1.29 is 4.79 Å². The third-order valence-corrected chi connectivity index (χ3v) is 2.58. The van der Waals surface area contributed by atoms with E-state index < -0.39 is 0 Å². The molecule has 0 spiro atoms. The van der Waals surface area contributed by atoms with Gasteiger partial charge >= 0.3 is 0 Å². The number of amides is 1. The van der Waals surface area contributed by atoms with Crippen LogP contribution in [0.2, 0.25) is 0 Å². The van der Waals surface area contributed by atoms with Crippen LogP contribution in [0.15, 0.2) is 12.4 Å². The molecule has 15 heavy (non-hydrogen) atoms. The highest BCUT2D eigenvalue weighted by molar-refractivity contribution is 5.84. The zero-order chi connectivity index (χ0) is 10.7. The van der Waals surface area contributed by atoms with Gasteiger partial charge in [-0.1, -0.05) is 0 Å². The van der Waals surface area contributed by atoms with Gasteiger partial charge in [0.1, 0.15) is 6.04 Å². The number of aromatic nitrogens is 2. The summed E-state index contributed by atoms with van der Waals surface area (Å²) in [4.78, 5) is 11.6. The lowest BCUT2D eigenvalue weighted by molar-refractivity contribution is -0.121. The van der Waals surface area contributed by atoms with Gasteiger partial charge in [0.15, 0.2) is 0 Å². The quantitative estimate of drug-likeness (QED) is 0.744. The molecule has 0 saturated carbocycles. The number of rotatable bonds is 2. The van der Waals surface area contributed by atoms with Crippen molar-refractivity contribution in [3.63, 3.8) is 0 Å².